The van der Waals surface area contributed by atoms with Crippen LogP contribution in [0, 0.1) is 0 Å². The van der Waals surface area contributed by atoms with Crippen molar-refractivity contribution in [3.63, 3.8) is 0 Å². The lowest BCUT2D eigenvalue weighted by Gasteiger charge is -2.41. The zero-order chi connectivity index (χ0) is 16.6. The summed E-state index contributed by atoms with van der Waals surface area (Å²) >= 11 is 1.20. The average Bonchev–Trinajstić information content (AvgIpc) is 3.04. The van der Waals surface area contributed by atoms with Gasteiger partial charge < -0.3 is 19.6 Å². The monoisotopic (exact) mass is 336 g/mol. The van der Waals surface area contributed by atoms with Crippen LogP contribution in [0.4, 0.5) is 0 Å². The minimum Gasteiger partial charge on any atom is -0.456 e. The van der Waals surface area contributed by atoms with Gasteiger partial charge in [-0.2, -0.15) is 0 Å². The average molecular weight is 336 g/mol. The molecule has 0 unspecified atom stereocenters. The number of carbonyl (C=O) groups excluding carboxylic acids is 3. The van der Waals surface area contributed by atoms with E-state index in [1.807, 2.05) is 6.08 Å². The van der Waals surface area contributed by atoms with Crippen LogP contribution in [0.5, 0.6) is 0 Å². The lowest BCUT2D eigenvalue weighted by Crippen LogP contribution is -2.65. The van der Waals surface area contributed by atoms with Crippen molar-refractivity contribution >= 4 is 29.5 Å². The largest absolute Gasteiger partial charge is 0.456 e. The van der Waals surface area contributed by atoms with E-state index in [0.29, 0.717) is 6.42 Å². The van der Waals surface area contributed by atoms with Crippen molar-refractivity contribution in [3.05, 3.63) is 23.8 Å². The Hall–Kier alpha value is -1.80. The van der Waals surface area contributed by atoms with Crippen LogP contribution >= 0.6 is 11.8 Å². The van der Waals surface area contributed by atoms with Crippen molar-refractivity contribution in [2.45, 2.75) is 35.2 Å². The van der Waals surface area contributed by atoms with E-state index in [4.69, 9.17) is 4.74 Å². The smallest absolute Gasteiger partial charge is 0.303 e. The molecule has 4 rings (SSSR count). The molecular weight excluding hydrogens is 320 g/mol. The van der Waals surface area contributed by atoms with Crippen molar-refractivity contribution in [2.75, 3.05) is 13.7 Å². The second kappa shape index (κ2) is 4.39. The highest BCUT2D eigenvalue weighted by Gasteiger charge is 2.77. The highest BCUT2D eigenvalue weighted by Crippen LogP contribution is 2.64. The Balaban J connectivity index is 1.81. The Labute approximate surface area is 136 Å². The van der Waals surface area contributed by atoms with Gasteiger partial charge in [0, 0.05) is 20.4 Å². The summed E-state index contributed by atoms with van der Waals surface area (Å²) < 4.78 is 5.34. The molecular formula is C15H16N2O5S. The van der Waals surface area contributed by atoms with Gasteiger partial charge in [0.05, 0.1) is 12.6 Å². The maximum absolute atomic E-state index is 13.0. The first-order valence-corrected chi connectivity index (χ1v) is 8.16. The van der Waals surface area contributed by atoms with Gasteiger partial charge >= 0.3 is 5.97 Å². The minimum atomic E-state index is -1.26. The molecule has 1 spiro atoms. The number of likely N-dealkylation sites (N-methyl/N-ethyl adjacent to an activating group) is 1. The number of aliphatic hydroxyl groups excluding tert-OH is 1. The van der Waals surface area contributed by atoms with Crippen molar-refractivity contribution in [1.82, 2.24) is 9.80 Å². The number of hydrogen-bond donors (Lipinski definition) is 1. The molecule has 8 heteroatoms. The summed E-state index contributed by atoms with van der Waals surface area (Å²) in [7, 11) is 1.55. The number of fused-ring (bicyclic) bond motifs is 3. The number of amides is 2. The second-order valence-corrected chi connectivity index (χ2v) is 7.75. The zero-order valence-corrected chi connectivity index (χ0v) is 13.5. The third kappa shape index (κ3) is 1.53. The van der Waals surface area contributed by atoms with Gasteiger partial charge in [0.2, 0.25) is 0 Å². The fourth-order valence-electron chi connectivity index (χ4n) is 4.01. The Morgan fingerprint density at radius 1 is 1.48 bits per heavy atom. The van der Waals surface area contributed by atoms with Crippen LogP contribution in [-0.2, 0) is 19.1 Å². The van der Waals surface area contributed by atoms with Crippen molar-refractivity contribution in [2.24, 2.45) is 0 Å². The SMILES string of the molecule is CC(=O)O[C@H]1C=CC=C2C[C@]34S[C@](CO)(C(=O)N3[C@@H]21)N(C)C4=O. The van der Waals surface area contributed by atoms with Gasteiger partial charge in [-0.25, -0.2) is 0 Å². The van der Waals surface area contributed by atoms with Gasteiger partial charge in [-0.05, 0) is 11.6 Å². The number of piperazine rings is 1. The quantitative estimate of drug-likeness (QED) is 0.692. The first-order valence-electron chi connectivity index (χ1n) is 7.35. The normalized spacial score (nSPS) is 40.4. The molecule has 0 aromatic rings. The van der Waals surface area contributed by atoms with E-state index in [9.17, 15) is 19.5 Å². The molecule has 0 aromatic carbocycles. The summed E-state index contributed by atoms with van der Waals surface area (Å²) in [5, 5.41) is 9.78. The Morgan fingerprint density at radius 3 is 2.87 bits per heavy atom. The van der Waals surface area contributed by atoms with Crippen molar-refractivity contribution in [3.8, 4) is 0 Å². The maximum Gasteiger partial charge on any atom is 0.303 e. The van der Waals surface area contributed by atoms with Crippen LogP contribution in [0.3, 0.4) is 0 Å². The number of hydrogen-bond acceptors (Lipinski definition) is 6. The van der Waals surface area contributed by atoms with E-state index in [-0.39, 0.29) is 11.8 Å². The summed E-state index contributed by atoms with van der Waals surface area (Å²) in [6.07, 6.45) is 5.16. The molecule has 3 saturated heterocycles. The van der Waals surface area contributed by atoms with E-state index in [1.165, 1.54) is 28.5 Å². The van der Waals surface area contributed by atoms with Gasteiger partial charge in [-0.1, -0.05) is 23.9 Å². The van der Waals surface area contributed by atoms with Crippen LogP contribution in [0.2, 0.25) is 0 Å². The number of allylic oxidation sites excluding steroid dienone is 2. The summed E-state index contributed by atoms with van der Waals surface area (Å²) in [5.41, 5.74) is 0.898. The molecule has 1 aliphatic carbocycles. The summed E-state index contributed by atoms with van der Waals surface area (Å²) in [6, 6.07) is -0.477. The maximum atomic E-state index is 13.0. The fraction of sp³-hybridized carbons (Fsp3) is 0.533. The van der Waals surface area contributed by atoms with Gasteiger partial charge in [0.1, 0.15) is 6.10 Å². The molecule has 3 fully saturated rings. The van der Waals surface area contributed by atoms with Crippen LogP contribution < -0.4 is 0 Å². The first kappa shape index (κ1) is 14.8. The molecule has 23 heavy (non-hydrogen) atoms. The number of aliphatic hydroxyl groups is 1. The molecule has 3 aliphatic heterocycles. The van der Waals surface area contributed by atoms with Crippen molar-refractivity contribution in [1.29, 1.82) is 0 Å². The first-order chi connectivity index (χ1) is 10.9. The van der Waals surface area contributed by atoms with Gasteiger partial charge in [-0.3, -0.25) is 14.4 Å². The zero-order valence-electron chi connectivity index (χ0n) is 12.7. The molecule has 7 nitrogen and oxygen atoms in total. The number of nitrogens with zero attached hydrogens (tertiary/aromatic N) is 2. The topological polar surface area (TPSA) is 87.2 Å². The van der Waals surface area contributed by atoms with Gasteiger partial charge in [0.15, 0.2) is 9.74 Å². The summed E-state index contributed by atoms with van der Waals surface area (Å²) in [6.45, 7) is 0.883. The molecule has 4 aliphatic rings. The molecule has 0 saturated carbocycles. The Morgan fingerprint density at radius 2 is 2.22 bits per heavy atom. The molecule has 122 valence electrons. The molecule has 1 N–H and O–H groups in total. The molecule has 2 amide bonds. The predicted octanol–water partition coefficient (Wildman–Crippen LogP) is -0.381. The Bertz CT molecular complexity index is 704. The second-order valence-electron chi connectivity index (χ2n) is 6.19. The summed E-state index contributed by atoms with van der Waals surface area (Å²) in [4.78, 5) is 37.7. The number of carbonyl (C=O) groups is 3. The van der Waals surface area contributed by atoms with E-state index in [1.54, 1.807) is 19.2 Å². The van der Waals surface area contributed by atoms with Crippen molar-refractivity contribution < 1.29 is 24.2 Å². The van der Waals surface area contributed by atoms with E-state index in [2.05, 4.69) is 0 Å². The van der Waals surface area contributed by atoms with E-state index >= 15 is 0 Å². The predicted molar refractivity (Wildman–Crippen MR) is 80.9 cm³/mol. The standard InChI is InChI=1S/C15H16N2O5S/c1-8(19)22-10-5-3-4-9-6-14-12(20)16(2)15(7-18,23-14)13(21)17(14)11(9)10/h3-5,10-11,18H,6-7H2,1-2H3/t10-,11-,14+,15+/m0/s1. The van der Waals surface area contributed by atoms with Crippen LogP contribution in [0.15, 0.2) is 23.8 Å². The van der Waals surface area contributed by atoms with Crippen LogP contribution in [-0.4, -0.2) is 68.2 Å². The molecule has 0 aromatic heterocycles. The molecule has 2 bridgehead atoms. The number of esters is 1. The number of ether oxygens (including phenoxy) is 1. The lowest BCUT2D eigenvalue weighted by atomic mass is 9.96. The summed E-state index contributed by atoms with van der Waals surface area (Å²) in [5.74, 6) is -0.924. The number of thioether (sulfide) groups is 1. The highest BCUT2D eigenvalue weighted by molar-refractivity contribution is 8.04. The van der Waals surface area contributed by atoms with Crippen LogP contribution in [0.1, 0.15) is 13.3 Å². The Kier molecular flexibility index (Phi) is 2.82. The third-order valence-corrected chi connectivity index (χ3v) is 6.77. The van der Waals surface area contributed by atoms with Crippen LogP contribution in [0.25, 0.3) is 0 Å². The molecule has 4 atom stereocenters. The fourth-order valence-corrected chi connectivity index (χ4v) is 5.80. The minimum absolute atomic E-state index is 0.187. The lowest BCUT2D eigenvalue weighted by molar-refractivity contribution is -0.164. The number of rotatable bonds is 2. The van der Waals surface area contributed by atoms with Gasteiger partial charge in [-0.15, -0.1) is 0 Å². The third-order valence-electron chi connectivity index (χ3n) is 5.00. The molecule has 3 heterocycles. The van der Waals surface area contributed by atoms with E-state index in [0.717, 1.165) is 5.57 Å². The van der Waals surface area contributed by atoms with E-state index < -0.39 is 34.5 Å². The van der Waals surface area contributed by atoms with Gasteiger partial charge in [0.25, 0.3) is 11.8 Å². The highest BCUT2D eigenvalue weighted by atomic mass is 32.2. The molecule has 0 radical (unpaired) electrons.